The lowest BCUT2D eigenvalue weighted by molar-refractivity contribution is 0.0502. The Hall–Kier alpha value is -2.02. The van der Waals surface area contributed by atoms with E-state index in [1.807, 2.05) is 6.20 Å². The van der Waals surface area contributed by atoms with Crippen LogP contribution in [0.1, 0.15) is 40.8 Å². The van der Waals surface area contributed by atoms with Crippen LogP contribution < -0.4 is 4.90 Å². The van der Waals surface area contributed by atoms with E-state index in [9.17, 15) is 0 Å². The highest BCUT2D eigenvalue weighted by Gasteiger charge is 2.45. The van der Waals surface area contributed by atoms with E-state index in [-0.39, 0.29) is 5.41 Å². The molecule has 164 valence electrons. The normalized spacial score (nSPS) is 26.4. The summed E-state index contributed by atoms with van der Waals surface area (Å²) in [6, 6.07) is 7.15. The van der Waals surface area contributed by atoms with Gasteiger partial charge in [0.15, 0.2) is 0 Å². The molecule has 0 radical (unpaired) electrons. The van der Waals surface area contributed by atoms with Crippen molar-refractivity contribution < 1.29 is 4.74 Å². The highest BCUT2D eigenvalue weighted by molar-refractivity contribution is 5.39. The van der Waals surface area contributed by atoms with Crippen molar-refractivity contribution in [3.05, 3.63) is 52.3 Å². The second kappa shape index (κ2) is 7.84. The first kappa shape index (κ1) is 19.6. The molecule has 1 atom stereocenters. The molecule has 4 heterocycles. The molecular formula is C25H33N5O. The Bertz CT molecular complexity index is 970. The van der Waals surface area contributed by atoms with Crippen molar-refractivity contribution in [1.82, 2.24) is 19.8 Å². The molecule has 2 aromatic rings. The van der Waals surface area contributed by atoms with Crippen LogP contribution in [0, 0.1) is 0 Å². The fourth-order valence-corrected chi connectivity index (χ4v) is 5.93. The first-order valence-corrected chi connectivity index (χ1v) is 11.9. The summed E-state index contributed by atoms with van der Waals surface area (Å²) in [4.78, 5) is 17.2. The maximum atomic E-state index is 6.07. The molecule has 1 aromatic heterocycles. The van der Waals surface area contributed by atoms with Gasteiger partial charge in [0, 0.05) is 51.0 Å². The number of rotatable bonds is 3. The maximum absolute atomic E-state index is 6.07. The van der Waals surface area contributed by atoms with E-state index in [0.717, 1.165) is 64.8 Å². The Morgan fingerprint density at radius 3 is 2.81 bits per heavy atom. The zero-order valence-corrected chi connectivity index (χ0v) is 18.6. The van der Waals surface area contributed by atoms with Crippen molar-refractivity contribution in [3.63, 3.8) is 0 Å². The number of hydrogen-bond acceptors (Lipinski definition) is 6. The minimum atomic E-state index is 0.00851. The summed E-state index contributed by atoms with van der Waals surface area (Å²) in [5, 5.41) is 0. The van der Waals surface area contributed by atoms with Gasteiger partial charge in [-0.1, -0.05) is 18.2 Å². The van der Waals surface area contributed by atoms with Crippen LogP contribution in [0.15, 0.2) is 24.4 Å². The average Bonchev–Trinajstić information content (AvgIpc) is 3.42. The highest BCUT2D eigenvalue weighted by Crippen LogP contribution is 2.40. The maximum Gasteiger partial charge on any atom is 0.225 e. The van der Waals surface area contributed by atoms with E-state index in [1.165, 1.54) is 36.1 Å². The zero-order chi connectivity index (χ0) is 20.8. The van der Waals surface area contributed by atoms with Crippen molar-refractivity contribution in [1.29, 1.82) is 0 Å². The van der Waals surface area contributed by atoms with Crippen LogP contribution in [0.25, 0.3) is 0 Å². The molecule has 2 saturated heterocycles. The Morgan fingerprint density at radius 2 is 1.90 bits per heavy atom. The third-order valence-corrected chi connectivity index (χ3v) is 7.78. The topological polar surface area (TPSA) is 44.7 Å². The van der Waals surface area contributed by atoms with Crippen molar-refractivity contribution in [2.45, 2.75) is 44.2 Å². The number of aromatic nitrogens is 2. The minimum absolute atomic E-state index is 0.00851. The molecule has 1 spiro atoms. The van der Waals surface area contributed by atoms with Crippen molar-refractivity contribution in [2.75, 3.05) is 57.8 Å². The molecule has 0 amide bonds. The van der Waals surface area contributed by atoms with E-state index in [0.29, 0.717) is 6.61 Å². The van der Waals surface area contributed by atoms with Crippen molar-refractivity contribution in [2.24, 2.45) is 0 Å². The molecule has 0 unspecified atom stereocenters. The van der Waals surface area contributed by atoms with E-state index in [4.69, 9.17) is 14.7 Å². The zero-order valence-electron chi connectivity index (χ0n) is 18.6. The van der Waals surface area contributed by atoms with Crippen LogP contribution >= 0.6 is 0 Å². The van der Waals surface area contributed by atoms with Gasteiger partial charge in [0.25, 0.3) is 0 Å². The Labute approximate surface area is 185 Å². The van der Waals surface area contributed by atoms with Gasteiger partial charge in [-0.3, -0.25) is 4.90 Å². The lowest BCUT2D eigenvalue weighted by Gasteiger charge is -2.36. The molecule has 6 nitrogen and oxygen atoms in total. The number of aryl methyl sites for hydroxylation is 2. The molecule has 0 bridgehead atoms. The average molecular weight is 420 g/mol. The fourth-order valence-electron chi connectivity index (χ4n) is 5.93. The third kappa shape index (κ3) is 3.65. The number of benzene rings is 1. The Kier molecular flexibility index (Phi) is 4.97. The van der Waals surface area contributed by atoms with Crippen LogP contribution in [0.3, 0.4) is 0 Å². The summed E-state index contributed by atoms with van der Waals surface area (Å²) in [5.41, 5.74) is 7.03. The standard InChI is InChI=1S/C25H33N5O/c1-28-9-11-30(12-10-28)24-26-14-22-16-31-18-25(23(22)27-24)7-8-29(17-25)15-19-5-6-20-3-2-4-21(20)13-19/h5-6,13-14H,2-4,7-12,15-18H2,1H3/t25-/m1/s1. The number of nitrogens with zero attached hydrogens (tertiary/aromatic N) is 5. The van der Waals surface area contributed by atoms with Gasteiger partial charge >= 0.3 is 0 Å². The van der Waals surface area contributed by atoms with E-state index in [1.54, 1.807) is 11.1 Å². The second-order valence-electron chi connectivity index (χ2n) is 10.0. The molecule has 4 aliphatic rings. The van der Waals surface area contributed by atoms with Crippen molar-refractivity contribution in [3.8, 4) is 0 Å². The summed E-state index contributed by atoms with van der Waals surface area (Å²) in [6.45, 7) is 8.73. The molecule has 0 N–H and O–H groups in total. The number of likely N-dealkylation sites (N-methyl/N-ethyl adjacent to an activating group) is 1. The molecule has 31 heavy (non-hydrogen) atoms. The smallest absolute Gasteiger partial charge is 0.225 e. The quantitative estimate of drug-likeness (QED) is 0.761. The number of likely N-dealkylation sites (tertiary alicyclic amines) is 1. The summed E-state index contributed by atoms with van der Waals surface area (Å²) >= 11 is 0. The number of anilines is 1. The SMILES string of the molecule is CN1CCN(c2ncc3c(n2)[C@@]2(CCN(Cc4ccc5c(c4)CCC5)C2)COC3)CC1. The third-order valence-electron chi connectivity index (χ3n) is 7.78. The largest absolute Gasteiger partial charge is 0.376 e. The predicted octanol–water partition coefficient (Wildman–Crippen LogP) is 2.39. The molecular weight excluding hydrogens is 386 g/mol. The Balaban J connectivity index is 1.22. The van der Waals surface area contributed by atoms with E-state index >= 15 is 0 Å². The first-order chi connectivity index (χ1) is 15.2. The first-order valence-electron chi connectivity index (χ1n) is 11.9. The van der Waals surface area contributed by atoms with Crippen LogP contribution in [-0.4, -0.2) is 72.7 Å². The number of piperazine rings is 1. The van der Waals surface area contributed by atoms with Crippen LogP contribution in [0.4, 0.5) is 5.95 Å². The van der Waals surface area contributed by atoms with Crippen LogP contribution in [0.5, 0.6) is 0 Å². The molecule has 6 rings (SSSR count). The highest BCUT2D eigenvalue weighted by atomic mass is 16.5. The molecule has 2 fully saturated rings. The van der Waals surface area contributed by atoms with E-state index < -0.39 is 0 Å². The summed E-state index contributed by atoms with van der Waals surface area (Å²) in [6.07, 6.45) is 6.96. The molecule has 3 aliphatic heterocycles. The van der Waals surface area contributed by atoms with Gasteiger partial charge in [0.1, 0.15) is 0 Å². The van der Waals surface area contributed by atoms with Gasteiger partial charge in [-0.15, -0.1) is 0 Å². The number of ether oxygens (including phenoxy) is 1. The second-order valence-corrected chi connectivity index (χ2v) is 10.0. The van der Waals surface area contributed by atoms with Crippen LogP contribution in [0.2, 0.25) is 0 Å². The van der Waals surface area contributed by atoms with Gasteiger partial charge in [-0.25, -0.2) is 9.97 Å². The van der Waals surface area contributed by atoms with Gasteiger partial charge in [-0.05, 0) is 56.0 Å². The monoisotopic (exact) mass is 419 g/mol. The lowest BCUT2D eigenvalue weighted by Crippen LogP contribution is -2.46. The summed E-state index contributed by atoms with van der Waals surface area (Å²) < 4.78 is 6.07. The Morgan fingerprint density at radius 1 is 1.03 bits per heavy atom. The summed E-state index contributed by atoms with van der Waals surface area (Å²) in [7, 11) is 2.19. The number of fused-ring (bicyclic) bond motifs is 3. The molecule has 0 saturated carbocycles. The van der Waals surface area contributed by atoms with Gasteiger partial charge < -0.3 is 14.5 Å². The number of hydrogen-bond donors (Lipinski definition) is 0. The molecule has 6 heteroatoms. The fraction of sp³-hybridized carbons (Fsp3) is 0.600. The van der Waals surface area contributed by atoms with Crippen LogP contribution in [-0.2, 0) is 36.1 Å². The summed E-state index contributed by atoms with van der Waals surface area (Å²) in [5.74, 6) is 0.908. The molecule has 1 aliphatic carbocycles. The van der Waals surface area contributed by atoms with E-state index in [2.05, 4.69) is 39.9 Å². The van der Waals surface area contributed by atoms with Gasteiger partial charge in [-0.2, -0.15) is 0 Å². The van der Waals surface area contributed by atoms with Gasteiger partial charge in [0.2, 0.25) is 5.95 Å². The minimum Gasteiger partial charge on any atom is -0.376 e. The van der Waals surface area contributed by atoms with Gasteiger partial charge in [0.05, 0.1) is 24.3 Å². The van der Waals surface area contributed by atoms with Crippen molar-refractivity contribution >= 4 is 5.95 Å². The molecule has 1 aromatic carbocycles. The predicted molar refractivity (Wildman–Crippen MR) is 121 cm³/mol. The lowest BCUT2D eigenvalue weighted by atomic mass is 9.80.